The van der Waals surface area contributed by atoms with E-state index in [0.29, 0.717) is 21.5 Å². The Morgan fingerprint density at radius 3 is 2.79 bits per heavy atom. The first-order chi connectivity index (χ1) is 6.61. The molecule has 0 aliphatic heterocycles. The predicted molar refractivity (Wildman–Crippen MR) is 50.8 cm³/mol. The molecule has 0 amide bonds. The van der Waals surface area contributed by atoms with Crippen molar-refractivity contribution in [2.45, 2.75) is 13.3 Å². The molecular weight excluding hydrogens is 210 g/mol. The van der Waals surface area contributed by atoms with Crippen LogP contribution in [0.25, 0.3) is 10.9 Å². The van der Waals surface area contributed by atoms with Crippen LogP contribution in [-0.2, 0) is 0 Å². The van der Waals surface area contributed by atoms with Crippen LogP contribution in [0.3, 0.4) is 0 Å². The third kappa shape index (κ3) is 1.26. The number of nitrogens with one attached hydrogen (secondary N) is 1. The van der Waals surface area contributed by atoms with Crippen molar-refractivity contribution in [2.24, 2.45) is 0 Å². The number of aryl methyl sites for hydroxylation is 1. The second-order valence-electron chi connectivity index (χ2n) is 3.01. The molecule has 1 N–H and O–H groups in total. The fourth-order valence-electron chi connectivity index (χ4n) is 1.38. The van der Waals surface area contributed by atoms with Crippen LogP contribution in [-0.4, -0.2) is 10.2 Å². The molecule has 0 spiro atoms. The van der Waals surface area contributed by atoms with E-state index in [9.17, 15) is 8.78 Å². The van der Waals surface area contributed by atoms with E-state index in [2.05, 4.69) is 10.2 Å². The molecule has 0 radical (unpaired) electrons. The van der Waals surface area contributed by atoms with Gasteiger partial charge in [-0.15, -0.1) is 0 Å². The summed E-state index contributed by atoms with van der Waals surface area (Å²) in [5.41, 5.74) is 1.07. The van der Waals surface area contributed by atoms with Crippen LogP contribution in [0.1, 0.15) is 17.7 Å². The normalized spacial score (nSPS) is 11.5. The van der Waals surface area contributed by atoms with Gasteiger partial charge in [0.15, 0.2) is 0 Å². The number of H-pyrrole nitrogens is 1. The first-order valence-corrected chi connectivity index (χ1v) is 4.40. The van der Waals surface area contributed by atoms with Gasteiger partial charge in [-0.05, 0) is 24.6 Å². The lowest BCUT2D eigenvalue weighted by atomic mass is 10.1. The summed E-state index contributed by atoms with van der Waals surface area (Å²) >= 11 is 5.84. The Balaban J connectivity index is 2.77. The minimum absolute atomic E-state index is 0.153. The molecule has 0 aliphatic rings. The number of rotatable bonds is 1. The van der Waals surface area contributed by atoms with Crippen molar-refractivity contribution in [3.05, 3.63) is 28.4 Å². The maximum absolute atomic E-state index is 12.5. The lowest BCUT2D eigenvalue weighted by molar-refractivity contribution is 0.147. The molecule has 2 rings (SSSR count). The molecule has 5 heteroatoms. The Hall–Kier alpha value is -1.16. The van der Waals surface area contributed by atoms with Gasteiger partial charge in [0.05, 0.1) is 5.52 Å². The van der Waals surface area contributed by atoms with Crippen molar-refractivity contribution in [2.75, 3.05) is 0 Å². The van der Waals surface area contributed by atoms with E-state index in [1.807, 2.05) is 0 Å². The average molecular weight is 217 g/mol. The summed E-state index contributed by atoms with van der Waals surface area (Å²) in [5, 5.41) is 7.10. The molecule has 1 heterocycles. The van der Waals surface area contributed by atoms with Crippen LogP contribution < -0.4 is 0 Å². The highest BCUT2D eigenvalue weighted by Gasteiger charge is 2.16. The van der Waals surface area contributed by atoms with E-state index in [4.69, 9.17) is 11.6 Å². The second-order valence-corrected chi connectivity index (χ2v) is 3.41. The minimum atomic E-state index is -2.54. The highest BCUT2D eigenvalue weighted by Crippen LogP contribution is 2.30. The lowest BCUT2D eigenvalue weighted by Crippen LogP contribution is -1.84. The standard InChI is InChI=1S/C9H7ClF2N2/c1-4-6(10)3-2-5-7(4)13-14-8(5)9(11)12/h2-3,9H,1H3,(H,13,14). The smallest absolute Gasteiger partial charge is 0.276 e. The predicted octanol–water partition coefficient (Wildman–Crippen LogP) is 3.46. The Morgan fingerprint density at radius 2 is 2.14 bits per heavy atom. The van der Waals surface area contributed by atoms with E-state index in [1.54, 1.807) is 19.1 Å². The number of aromatic amines is 1. The number of benzene rings is 1. The third-order valence-electron chi connectivity index (χ3n) is 2.16. The molecule has 0 saturated carbocycles. The first-order valence-electron chi connectivity index (χ1n) is 4.02. The first kappa shape index (κ1) is 9.40. The number of nitrogens with zero attached hydrogens (tertiary/aromatic N) is 1. The van der Waals surface area contributed by atoms with Crippen molar-refractivity contribution in [1.82, 2.24) is 10.2 Å². The fraction of sp³-hybridized carbons (Fsp3) is 0.222. The van der Waals surface area contributed by atoms with Crippen LogP contribution in [0.2, 0.25) is 5.02 Å². The summed E-state index contributed by atoms with van der Waals surface area (Å²) < 4.78 is 24.9. The summed E-state index contributed by atoms with van der Waals surface area (Å²) in [5.74, 6) is 0. The van der Waals surface area contributed by atoms with Gasteiger partial charge in [0.1, 0.15) is 5.69 Å². The van der Waals surface area contributed by atoms with Crippen LogP contribution in [0.15, 0.2) is 12.1 Å². The van der Waals surface area contributed by atoms with Gasteiger partial charge in [-0.1, -0.05) is 11.6 Å². The largest absolute Gasteiger partial charge is 0.280 e. The number of fused-ring (bicyclic) bond motifs is 1. The number of aromatic nitrogens is 2. The monoisotopic (exact) mass is 216 g/mol. The quantitative estimate of drug-likeness (QED) is 0.777. The summed E-state index contributed by atoms with van der Waals surface area (Å²) in [6.07, 6.45) is -2.54. The number of hydrogen-bond donors (Lipinski definition) is 1. The van der Waals surface area contributed by atoms with Gasteiger partial charge in [-0.2, -0.15) is 5.10 Å². The summed E-state index contributed by atoms with van der Waals surface area (Å²) in [4.78, 5) is 0. The molecule has 2 nitrogen and oxygen atoms in total. The molecule has 0 bridgehead atoms. The van der Waals surface area contributed by atoms with E-state index < -0.39 is 6.43 Å². The molecule has 0 saturated heterocycles. The topological polar surface area (TPSA) is 28.7 Å². The average Bonchev–Trinajstić information content (AvgIpc) is 2.55. The molecule has 0 unspecified atom stereocenters. The van der Waals surface area contributed by atoms with Crippen molar-refractivity contribution >= 4 is 22.5 Å². The fourth-order valence-corrected chi connectivity index (χ4v) is 1.53. The zero-order valence-electron chi connectivity index (χ0n) is 7.31. The minimum Gasteiger partial charge on any atom is -0.276 e. The van der Waals surface area contributed by atoms with E-state index in [1.165, 1.54) is 0 Å². The van der Waals surface area contributed by atoms with Gasteiger partial charge in [0.25, 0.3) is 6.43 Å². The second kappa shape index (κ2) is 3.20. The van der Waals surface area contributed by atoms with E-state index in [-0.39, 0.29) is 5.69 Å². The molecule has 1 aromatic carbocycles. The van der Waals surface area contributed by atoms with Gasteiger partial charge in [0, 0.05) is 10.4 Å². The van der Waals surface area contributed by atoms with Gasteiger partial charge >= 0.3 is 0 Å². The Labute approximate surface area is 83.9 Å². The Morgan fingerprint density at radius 1 is 1.43 bits per heavy atom. The zero-order valence-corrected chi connectivity index (χ0v) is 8.07. The SMILES string of the molecule is Cc1c(Cl)ccc2c(C(F)F)[nH]nc12. The highest BCUT2D eigenvalue weighted by atomic mass is 35.5. The molecular formula is C9H7ClF2N2. The maximum atomic E-state index is 12.5. The summed E-state index contributed by atoms with van der Waals surface area (Å²) in [6, 6.07) is 3.15. The van der Waals surface area contributed by atoms with Crippen LogP contribution in [0.5, 0.6) is 0 Å². The van der Waals surface area contributed by atoms with Crippen LogP contribution in [0.4, 0.5) is 8.78 Å². The lowest BCUT2D eigenvalue weighted by Gasteiger charge is -1.98. The summed E-state index contributed by atoms with van der Waals surface area (Å²) in [7, 11) is 0. The number of alkyl halides is 2. The van der Waals surface area contributed by atoms with E-state index >= 15 is 0 Å². The van der Waals surface area contributed by atoms with Gasteiger partial charge < -0.3 is 0 Å². The molecule has 74 valence electrons. The van der Waals surface area contributed by atoms with Crippen LogP contribution >= 0.6 is 11.6 Å². The summed E-state index contributed by atoms with van der Waals surface area (Å²) in [6.45, 7) is 1.75. The molecule has 0 aliphatic carbocycles. The van der Waals surface area contributed by atoms with Gasteiger partial charge in [-0.3, -0.25) is 5.10 Å². The van der Waals surface area contributed by atoms with Crippen LogP contribution in [0, 0.1) is 6.92 Å². The Bertz CT molecular complexity index is 479. The third-order valence-corrected chi connectivity index (χ3v) is 2.57. The van der Waals surface area contributed by atoms with Crippen molar-refractivity contribution in [1.29, 1.82) is 0 Å². The van der Waals surface area contributed by atoms with Gasteiger partial charge in [-0.25, -0.2) is 8.78 Å². The molecule has 2 aromatic rings. The molecule has 0 atom stereocenters. The van der Waals surface area contributed by atoms with E-state index in [0.717, 1.165) is 0 Å². The number of halogens is 3. The molecule has 14 heavy (non-hydrogen) atoms. The van der Waals surface area contributed by atoms with Crippen molar-refractivity contribution in [3.8, 4) is 0 Å². The zero-order chi connectivity index (χ0) is 10.3. The Kier molecular flexibility index (Phi) is 2.15. The molecule has 1 aromatic heterocycles. The molecule has 0 fully saturated rings. The van der Waals surface area contributed by atoms with Gasteiger partial charge in [0.2, 0.25) is 0 Å². The van der Waals surface area contributed by atoms with Crippen molar-refractivity contribution in [3.63, 3.8) is 0 Å². The highest BCUT2D eigenvalue weighted by molar-refractivity contribution is 6.32. The number of hydrogen-bond acceptors (Lipinski definition) is 1. The maximum Gasteiger partial charge on any atom is 0.280 e. The van der Waals surface area contributed by atoms with Crippen molar-refractivity contribution < 1.29 is 8.78 Å².